The van der Waals surface area contributed by atoms with Crippen molar-refractivity contribution in [3.05, 3.63) is 72.5 Å². The molecule has 2 aromatic heterocycles. The van der Waals surface area contributed by atoms with Gasteiger partial charge in [-0.25, -0.2) is 0 Å². The molecule has 4 heterocycles. The maximum atomic E-state index is 12.6. The highest BCUT2D eigenvalue weighted by atomic mass is 16.3. The fourth-order valence-corrected chi connectivity index (χ4v) is 4.88. The van der Waals surface area contributed by atoms with Crippen molar-refractivity contribution in [2.75, 3.05) is 0 Å². The van der Waals surface area contributed by atoms with Gasteiger partial charge in [0.05, 0.1) is 0 Å². The van der Waals surface area contributed by atoms with E-state index < -0.39 is 0 Å². The van der Waals surface area contributed by atoms with E-state index >= 15 is 0 Å². The summed E-state index contributed by atoms with van der Waals surface area (Å²) >= 11 is 0. The van der Waals surface area contributed by atoms with Crippen LogP contribution in [0.4, 0.5) is 0 Å². The number of benzene rings is 2. The van der Waals surface area contributed by atoms with Gasteiger partial charge in [-0.15, -0.1) is 0 Å². The molecule has 0 radical (unpaired) electrons. The van der Waals surface area contributed by atoms with E-state index in [1.54, 1.807) is 6.07 Å². The summed E-state index contributed by atoms with van der Waals surface area (Å²) in [7, 11) is 0. The van der Waals surface area contributed by atoms with Crippen molar-refractivity contribution >= 4 is 16.8 Å². The van der Waals surface area contributed by atoms with Crippen molar-refractivity contribution in [3.8, 4) is 22.6 Å². The Balaban J connectivity index is 1.18. The largest absolute Gasteiger partial charge is 0.451 e. The van der Waals surface area contributed by atoms with Gasteiger partial charge >= 0.3 is 0 Å². The Labute approximate surface area is 174 Å². The van der Waals surface area contributed by atoms with E-state index in [4.69, 9.17) is 4.42 Å². The molecule has 3 atom stereocenters. The van der Waals surface area contributed by atoms with Crippen molar-refractivity contribution < 1.29 is 9.21 Å². The third-order valence-electron chi connectivity index (χ3n) is 6.46. The standard InChI is InChI=1S/C25H23N3O2/c29-25(28-22-14-18-9-10-20(22)26-18)24-12-11-23(30-24)16-7-5-15(6-8-16)21-13-17-3-1-2-4-19(17)27-21/h1-8,11-13,18,20,22,26-27H,9-10,14H2,(H,28,29)/t18-,20-,22+/m0/s1. The second-order valence-corrected chi connectivity index (χ2v) is 8.37. The monoisotopic (exact) mass is 397 g/mol. The lowest BCUT2D eigenvalue weighted by Gasteiger charge is -2.20. The summed E-state index contributed by atoms with van der Waals surface area (Å²) in [6.45, 7) is 0. The normalized spacial score (nSPS) is 22.6. The minimum Gasteiger partial charge on any atom is -0.451 e. The molecule has 1 amide bonds. The molecule has 6 rings (SSSR count). The molecule has 150 valence electrons. The average molecular weight is 397 g/mol. The lowest BCUT2D eigenvalue weighted by molar-refractivity contribution is 0.0903. The molecule has 4 aromatic rings. The van der Waals surface area contributed by atoms with Crippen molar-refractivity contribution in [2.24, 2.45) is 0 Å². The summed E-state index contributed by atoms with van der Waals surface area (Å²) in [5, 5.41) is 7.88. The molecule has 2 aliphatic rings. The first-order valence-electron chi connectivity index (χ1n) is 10.6. The first-order valence-corrected chi connectivity index (χ1v) is 10.6. The summed E-state index contributed by atoms with van der Waals surface area (Å²) in [5.74, 6) is 0.942. The van der Waals surface area contributed by atoms with Crippen LogP contribution in [0.3, 0.4) is 0 Å². The number of rotatable bonds is 4. The van der Waals surface area contributed by atoms with Crippen LogP contribution in [-0.4, -0.2) is 29.0 Å². The molecule has 3 N–H and O–H groups in total. The Kier molecular flexibility index (Phi) is 4.03. The molecule has 5 nitrogen and oxygen atoms in total. The highest BCUT2D eigenvalue weighted by molar-refractivity contribution is 5.92. The van der Waals surface area contributed by atoms with Gasteiger partial charge in [-0.1, -0.05) is 42.5 Å². The summed E-state index contributed by atoms with van der Waals surface area (Å²) in [6, 6.07) is 23.4. The van der Waals surface area contributed by atoms with Crippen LogP contribution in [0.5, 0.6) is 0 Å². The van der Waals surface area contributed by atoms with Crippen LogP contribution in [0.25, 0.3) is 33.5 Å². The zero-order valence-corrected chi connectivity index (χ0v) is 16.5. The third-order valence-corrected chi connectivity index (χ3v) is 6.46. The Morgan fingerprint density at radius 3 is 2.57 bits per heavy atom. The molecule has 2 bridgehead atoms. The van der Waals surface area contributed by atoms with E-state index in [0.29, 0.717) is 23.6 Å². The third kappa shape index (κ3) is 3.02. The lowest BCUT2D eigenvalue weighted by Crippen LogP contribution is -2.42. The van der Waals surface area contributed by atoms with Crippen molar-refractivity contribution in [3.63, 3.8) is 0 Å². The molecule has 30 heavy (non-hydrogen) atoms. The van der Waals surface area contributed by atoms with Crippen molar-refractivity contribution in [1.82, 2.24) is 15.6 Å². The van der Waals surface area contributed by atoms with E-state index in [-0.39, 0.29) is 11.9 Å². The first-order chi connectivity index (χ1) is 14.7. The molecule has 2 saturated heterocycles. The van der Waals surface area contributed by atoms with Crippen LogP contribution in [0.15, 0.2) is 71.1 Å². The molecule has 0 unspecified atom stereocenters. The number of para-hydroxylation sites is 1. The maximum absolute atomic E-state index is 12.6. The van der Waals surface area contributed by atoms with Gasteiger partial charge in [0.15, 0.2) is 5.76 Å². The van der Waals surface area contributed by atoms with Crippen LogP contribution in [0, 0.1) is 0 Å². The summed E-state index contributed by atoms with van der Waals surface area (Å²) in [4.78, 5) is 16.1. The van der Waals surface area contributed by atoms with Gasteiger partial charge in [-0.3, -0.25) is 4.79 Å². The first kappa shape index (κ1) is 17.5. The Bertz CT molecular complexity index is 1190. The zero-order chi connectivity index (χ0) is 20.1. The molecule has 2 aromatic carbocycles. The number of carbonyl (C=O) groups excluding carboxylic acids is 1. The number of furan rings is 1. The van der Waals surface area contributed by atoms with Crippen LogP contribution in [-0.2, 0) is 0 Å². The maximum Gasteiger partial charge on any atom is 0.287 e. The Morgan fingerprint density at radius 2 is 1.80 bits per heavy atom. The average Bonchev–Trinajstić information content (AvgIpc) is 3.57. The van der Waals surface area contributed by atoms with E-state index in [0.717, 1.165) is 35.2 Å². The Morgan fingerprint density at radius 1 is 0.967 bits per heavy atom. The van der Waals surface area contributed by atoms with Crippen LogP contribution in [0.2, 0.25) is 0 Å². The Hall–Kier alpha value is -3.31. The van der Waals surface area contributed by atoms with Crippen molar-refractivity contribution in [2.45, 2.75) is 37.4 Å². The highest BCUT2D eigenvalue weighted by Crippen LogP contribution is 2.30. The fourth-order valence-electron chi connectivity index (χ4n) is 4.88. The molecule has 5 heteroatoms. The second kappa shape index (κ2) is 6.89. The summed E-state index contributed by atoms with van der Waals surface area (Å²) in [5.41, 5.74) is 4.28. The van der Waals surface area contributed by atoms with E-state index in [2.05, 4.69) is 45.9 Å². The number of aromatic nitrogens is 1. The van der Waals surface area contributed by atoms with Gasteiger partial charge < -0.3 is 20.0 Å². The van der Waals surface area contributed by atoms with Crippen molar-refractivity contribution in [1.29, 1.82) is 0 Å². The zero-order valence-electron chi connectivity index (χ0n) is 16.5. The topological polar surface area (TPSA) is 70.1 Å². The number of carbonyl (C=O) groups is 1. The van der Waals surface area contributed by atoms with Gasteiger partial charge in [0.25, 0.3) is 5.91 Å². The fraction of sp³-hybridized carbons (Fsp3) is 0.240. The van der Waals surface area contributed by atoms with Gasteiger partial charge in [-0.2, -0.15) is 0 Å². The van der Waals surface area contributed by atoms with Crippen LogP contribution in [0.1, 0.15) is 29.8 Å². The number of hydrogen-bond acceptors (Lipinski definition) is 3. The van der Waals surface area contributed by atoms with E-state index in [1.807, 2.05) is 30.3 Å². The number of hydrogen-bond donors (Lipinski definition) is 3. The van der Waals surface area contributed by atoms with Crippen LogP contribution < -0.4 is 10.6 Å². The summed E-state index contributed by atoms with van der Waals surface area (Å²) < 4.78 is 5.88. The van der Waals surface area contributed by atoms with Gasteiger partial charge in [-0.05, 0) is 49.1 Å². The molecule has 0 saturated carbocycles. The van der Waals surface area contributed by atoms with E-state index in [1.165, 1.54) is 11.8 Å². The molecular weight excluding hydrogens is 374 g/mol. The number of nitrogens with one attached hydrogen (secondary N) is 3. The minimum absolute atomic E-state index is 0.129. The molecular formula is C25H23N3O2. The molecule has 0 aliphatic carbocycles. The predicted molar refractivity (Wildman–Crippen MR) is 117 cm³/mol. The van der Waals surface area contributed by atoms with Gasteiger partial charge in [0, 0.05) is 40.3 Å². The van der Waals surface area contributed by atoms with E-state index in [9.17, 15) is 4.79 Å². The molecule has 0 spiro atoms. The molecule has 2 fully saturated rings. The van der Waals surface area contributed by atoms with Gasteiger partial charge in [0.2, 0.25) is 0 Å². The lowest BCUT2D eigenvalue weighted by atomic mass is 9.95. The quantitative estimate of drug-likeness (QED) is 0.467. The number of H-pyrrole nitrogens is 1. The summed E-state index contributed by atoms with van der Waals surface area (Å²) in [6.07, 6.45) is 3.37. The van der Waals surface area contributed by atoms with Crippen LogP contribution >= 0.6 is 0 Å². The predicted octanol–water partition coefficient (Wildman–Crippen LogP) is 4.72. The number of amides is 1. The number of fused-ring (bicyclic) bond motifs is 3. The highest BCUT2D eigenvalue weighted by Gasteiger charge is 2.39. The number of aromatic amines is 1. The smallest absolute Gasteiger partial charge is 0.287 e. The SMILES string of the molecule is O=C(N[C@@H]1C[C@@H]2CC[C@@H]1N2)c1ccc(-c2ccc(-c3cc4ccccc4[nH]3)cc2)o1. The second-order valence-electron chi connectivity index (χ2n) is 8.37. The molecule has 2 aliphatic heterocycles. The van der Waals surface area contributed by atoms with Gasteiger partial charge in [0.1, 0.15) is 5.76 Å². The minimum atomic E-state index is -0.129.